The average molecular weight is 362 g/mol. The number of hydrogen-bond donors (Lipinski definition) is 0. The van der Waals surface area contributed by atoms with Gasteiger partial charge >= 0.3 is 0 Å². The Labute approximate surface area is 158 Å². The summed E-state index contributed by atoms with van der Waals surface area (Å²) in [6.07, 6.45) is 0. The lowest BCUT2D eigenvalue weighted by atomic mass is 10.2. The van der Waals surface area contributed by atoms with Gasteiger partial charge in [0.1, 0.15) is 5.52 Å². The number of benzene rings is 2. The minimum absolute atomic E-state index is 0.0323. The quantitative estimate of drug-likeness (QED) is 0.692. The van der Waals surface area contributed by atoms with Crippen LogP contribution in [-0.2, 0) is 4.79 Å². The summed E-state index contributed by atoms with van der Waals surface area (Å²) < 4.78 is 5.77. The van der Waals surface area contributed by atoms with Crippen LogP contribution in [0.1, 0.15) is 19.4 Å². The molecule has 2 aromatic carbocycles. The molecule has 138 valence electrons. The molecule has 0 aliphatic carbocycles. The summed E-state index contributed by atoms with van der Waals surface area (Å²) in [6, 6.07) is 15.1. The molecule has 0 aliphatic rings. The Hall–Kier alpha value is -3.17. The van der Waals surface area contributed by atoms with Gasteiger partial charge in [-0.15, -0.1) is 0 Å². The normalized spacial score (nSPS) is 11.1. The van der Waals surface area contributed by atoms with Crippen molar-refractivity contribution in [3.05, 3.63) is 48.0 Å². The van der Waals surface area contributed by atoms with E-state index in [1.807, 2.05) is 36.2 Å². The number of fused-ring (bicyclic) bond motifs is 1. The molecule has 0 radical (unpaired) electrons. The Morgan fingerprint density at radius 2 is 1.89 bits per heavy atom. The van der Waals surface area contributed by atoms with E-state index in [4.69, 9.17) is 9.68 Å². The third-order valence-electron chi connectivity index (χ3n) is 4.66. The molecule has 6 nitrogen and oxygen atoms in total. The smallest absolute Gasteiger partial charge is 0.240 e. The molecule has 1 aromatic heterocycles. The zero-order valence-corrected chi connectivity index (χ0v) is 15.9. The molecular formula is C21H22N4O2. The molecule has 3 aromatic rings. The van der Waals surface area contributed by atoms with Crippen LogP contribution in [0, 0.1) is 11.3 Å². The molecule has 0 atom stereocenters. The van der Waals surface area contributed by atoms with E-state index in [2.05, 4.69) is 24.9 Å². The van der Waals surface area contributed by atoms with Gasteiger partial charge in [-0.25, -0.2) is 4.98 Å². The lowest BCUT2D eigenvalue weighted by Gasteiger charge is -2.24. The maximum atomic E-state index is 12.4. The van der Waals surface area contributed by atoms with E-state index in [1.165, 1.54) is 0 Å². The molecule has 0 bridgehead atoms. The SMILES string of the molecule is CC(C)N(C)CC(=O)N(C)c1ccc(-c2nc3cc(C#N)ccc3o2)cc1. The summed E-state index contributed by atoms with van der Waals surface area (Å²) in [4.78, 5) is 20.5. The summed E-state index contributed by atoms with van der Waals surface area (Å²) in [5, 5.41) is 8.99. The van der Waals surface area contributed by atoms with Gasteiger partial charge in [-0.2, -0.15) is 5.26 Å². The lowest BCUT2D eigenvalue weighted by Crippen LogP contribution is -2.39. The molecule has 3 rings (SSSR count). The Bertz CT molecular complexity index is 999. The fourth-order valence-electron chi connectivity index (χ4n) is 2.59. The van der Waals surface area contributed by atoms with Gasteiger partial charge < -0.3 is 9.32 Å². The Morgan fingerprint density at radius 3 is 2.52 bits per heavy atom. The van der Waals surface area contributed by atoms with Crippen LogP contribution in [0.15, 0.2) is 46.9 Å². The highest BCUT2D eigenvalue weighted by Gasteiger charge is 2.16. The van der Waals surface area contributed by atoms with Crippen molar-refractivity contribution >= 4 is 22.7 Å². The number of nitriles is 1. The van der Waals surface area contributed by atoms with Crippen molar-refractivity contribution in [3.63, 3.8) is 0 Å². The third kappa shape index (κ3) is 3.99. The minimum Gasteiger partial charge on any atom is -0.436 e. The minimum atomic E-state index is 0.0323. The first-order valence-corrected chi connectivity index (χ1v) is 8.77. The number of oxazole rings is 1. The van der Waals surface area contributed by atoms with E-state index in [0.29, 0.717) is 35.1 Å². The molecule has 0 N–H and O–H groups in total. The summed E-state index contributed by atoms with van der Waals surface area (Å²) in [5.41, 5.74) is 3.45. The summed E-state index contributed by atoms with van der Waals surface area (Å²) >= 11 is 0. The summed E-state index contributed by atoms with van der Waals surface area (Å²) in [7, 11) is 3.71. The van der Waals surface area contributed by atoms with Gasteiger partial charge in [-0.3, -0.25) is 9.69 Å². The zero-order chi connectivity index (χ0) is 19.6. The Morgan fingerprint density at radius 1 is 1.19 bits per heavy atom. The van der Waals surface area contributed by atoms with Crippen molar-refractivity contribution in [3.8, 4) is 17.5 Å². The number of carbonyl (C=O) groups excluding carboxylic acids is 1. The fraction of sp³-hybridized carbons (Fsp3) is 0.286. The number of nitrogens with zero attached hydrogens (tertiary/aromatic N) is 4. The van der Waals surface area contributed by atoms with Gasteiger partial charge in [-0.05, 0) is 63.4 Å². The number of anilines is 1. The predicted molar refractivity (Wildman–Crippen MR) is 105 cm³/mol. The van der Waals surface area contributed by atoms with E-state index in [9.17, 15) is 4.79 Å². The van der Waals surface area contributed by atoms with Crippen LogP contribution in [0.3, 0.4) is 0 Å². The van der Waals surface area contributed by atoms with E-state index in [0.717, 1.165) is 11.3 Å². The van der Waals surface area contributed by atoms with Gasteiger partial charge in [0, 0.05) is 24.3 Å². The first kappa shape index (κ1) is 18.6. The van der Waals surface area contributed by atoms with Gasteiger partial charge in [0.15, 0.2) is 5.58 Å². The van der Waals surface area contributed by atoms with Crippen LogP contribution in [0.25, 0.3) is 22.6 Å². The average Bonchev–Trinajstić information content (AvgIpc) is 3.10. The van der Waals surface area contributed by atoms with Crippen LogP contribution in [0.2, 0.25) is 0 Å². The summed E-state index contributed by atoms with van der Waals surface area (Å²) in [6.45, 7) is 4.48. The molecule has 6 heteroatoms. The van der Waals surface area contributed by atoms with Crippen molar-refractivity contribution in [2.45, 2.75) is 19.9 Å². The number of hydrogen-bond acceptors (Lipinski definition) is 5. The number of aromatic nitrogens is 1. The molecule has 0 aliphatic heterocycles. The lowest BCUT2D eigenvalue weighted by molar-refractivity contribution is -0.119. The predicted octanol–water partition coefficient (Wildman–Crippen LogP) is 3.67. The molecule has 0 saturated heterocycles. The number of amides is 1. The second-order valence-corrected chi connectivity index (χ2v) is 6.82. The molecule has 0 saturated carbocycles. The molecule has 0 unspecified atom stereocenters. The molecule has 0 fully saturated rings. The van der Waals surface area contributed by atoms with E-state index in [1.54, 1.807) is 30.1 Å². The van der Waals surface area contributed by atoms with Crippen molar-refractivity contribution in [2.24, 2.45) is 0 Å². The first-order valence-electron chi connectivity index (χ1n) is 8.77. The van der Waals surface area contributed by atoms with Crippen molar-refractivity contribution in [1.82, 2.24) is 9.88 Å². The van der Waals surface area contributed by atoms with Gasteiger partial charge in [0.05, 0.1) is 18.2 Å². The molecular weight excluding hydrogens is 340 g/mol. The number of rotatable bonds is 5. The van der Waals surface area contributed by atoms with Crippen LogP contribution < -0.4 is 4.90 Å². The van der Waals surface area contributed by atoms with Crippen LogP contribution >= 0.6 is 0 Å². The molecule has 1 amide bonds. The zero-order valence-electron chi connectivity index (χ0n) is 15.9. The first-order chi connectivity index (χ1) is 12.9. The molecule has 27 heavy (non-hydrogen) atoms. The van der Waals surface area contributed by atoms with Crippen LogP contribution in [-0.4, -0.2) is 42.5 Å². The van der Waals surface area contributed by atoms with Gasteiger partial charge in [-0.1, -0.05) is 0 Å². The van der Waals surface area contributed by atoms with Gasteiger partial charge in [0.2, 0.25) is 11.8 Å². The van der Waals surface area contributed by atoms with Crippen molar-refractivity contribution < 1.29 is 9.21 Å². The van der Waals surface area contributed by atoms with Crippen LogP contribution in [0.4, 0.5) is 5.69 Å². The van der Waals surface area contributed by atoms with Crippen molar-refractivity contribution in [2.75, 3.05) is 25.5 Å². The Kier molecular flexibility index (Phi) is 5.24. The number of likely N-dealkylation sites (N-methyl/N-ethyl adjacent to an activating group) is 2. The van der Waals surface area contributed by atoms with Crippen molar-refractivity contribution in [1.29, 1.82) is 5.26 Å². The van der Waals surface area contributed by atoms with Gasteiger partial charge in [0.25, 0.3) is 0 Å². The van der Waals surface area contributed by atoms with Crippen LogP contribution in [0.5, 0.6) is 0 Å². The standard InChI is InChI=1S/C21H22N4O2/c1-14(2)24(3)13-20(26)25(4)17-8-6-16(7-9-17)21-23-18-11-15(12-22)5-10-19(18)27-21/h5-11,14H,13H2,1-4H3. The Balaban J connectivity index is 1.79. The molecule has 1 heterocycles. The maximum Gasteiger partial charge on any atom is 0.240 e. The highest BCUT2D eigenvalue weighted by molar-refractivity contribution is 5.94. The second kappa shape index (κ2) is 7.60. The van der Waals surface area contributed by atoms with E-state index >= 15 is 0 Å². The second-order valence-electron chi connectivity index (χ2n) is 6.82. The fourth-order valence-corrected chi connectivity index (χ4v) is 2.59. The highest BCUT2D eigenvalue weighted by atomic mass is 16.3. The molecule has 0 spiro atoms. The topological polar surface area (TPSA) is 73.4 Å². The largest absolute Gasteiger partial charge is 0.436 e. The number of carbonyl (C=O) groups is 1. The highest BCUT2D eigenvalue weighted by Crippen LogP contribution is 2.26. The van der Waals surface area contributed by atoms with E-state index in [-0.39, 0.29) is 5.91 Å². The summed E-state index contributed by atoms with van der Waals surface area (Å²) in [5.74, 6) is 0.519. The maximum absolute atomic E-state index is 12.4. The van der Waals surface area contributed by atoms with E-state index < -0.39 is 0 Å². The monoisotopic (exact) mass is 362 g/mol. The third-order valence-corrected chi connectivity index (χ3v) is 4.66.